The van der Waals surface area contributed by atoms with E-state index in [9.17, 15) is 0 Å². The van der Waals surface area contributed by atoms with Crippen LogP contribution in [0.3, 0.4) is 0 Å². The first-order valence-electron chi connectivity index (χ1n) is 7.14. The van der Waals surface area contributed by atoms with E-state index in [4.69, 9.17) is 9.47 Å². The molecule has 2 nitrogen and oxygen atoms in total. The third-order valence-corrected chi connectivity index (χ3v) is 3.52. The third kappa shape index (κ3) is 3.05. The second-order valence-corrected chi connectivity index (χ2v) is 7.40. The monoisotopic (exact) mass is 262 g/mol. The molecule has 106 valence electrons. The average Bonchev–Trinajstić information content (AvgIpc) is 2.49. The summed E-state index contributed by atoms with van der Waals surface area (Å²) in [6.07, 6.45) is 0.948. The van der Waals surface area contributed by atoms with Crippen molar-refractivity contribution >= 4 is 0 Å². The van der Waals surface area contributed by atoms with Crippen molar-refractivity contribution in [1.82, 2.24) is 0 Å². The molecule has 1 aliphatic rings. The summed E-state index contributed by atoms with van der Waals surface area (Å²) >= 11 is 0. The molecule has 1 aromatic rings. The van der Waals surface area contributed by atoms with Crippen LogP contribution in [0, 0.1) is 0 Å². The number of hydrogen-bond acceptors (Lipinski definition) is 2. The van der Waals surface area contributed by atoms with Gasteiger partial charge in [-0.05, 0) is 22.5 Å². The van der Waals surface area contributed by atoms with E-state index in [0.717, 1.165) is 31.1 Å². The lowest BCUT2D eigenvalue weighted by molar-refractivity contribution is 0.294. The van der Waals surface area contributed by atoms with Gasteiger partial charge in [0.1, 0.15) is 0 Å². The predicted octanol–water partition coefficient (Wildman–Crippen LogP) is 4.44. The lowest BCUT2D eigenvalue weighted by Crippen LogP contribution is -2.18. The van der Waals surface area contributed by atoms with Gasteiger partial charge in [0, 0.05) is 12.0 Å². The Kier molecular flexibility index (Phi) is 3.55. The smallest absolute Gasteiger partial charge is 0.164 e. The molecule has 2 heteroatoms. The van der Waals surface area contributed by atoms with Crippen molar-refractivity contribution in [3.8, 4) is 11.5 Å². The Hall–Kier alpha value is -1.18. The van der Waals surface area contributed by atoms with Crippen molar-refractivity contribution in [1.29, 1.82) is 0 Å². The number of rotatable bonds is 0. The summed E-state index contributed by atoms with van der Waals surface area (Å²) < 4.78 is 11.8. The highest BCUT2D eigenvalue weighted by atomic mass is 16.5. The lowest BCUT2D eigenvalue weighted by atomic mass is 9.80. The Labute approximate surface area is 117 Å². The summed E-state index contributed by atoms with van der Waals surface area (Å²) in [6, 6.07) is 4.43. The molecule has 19 heavy (non-hydrogen) atoms. The fourth-order valence-corrected chi connectivity index (χ4v) is 2.26. The molecule has 0 unspecified atom stereocenters. The Bertz CT molecular complexity index is 461. The highest BCUT2D eigenvalue weighted by Gasteiger charge is 2.27. The van der Waals surface area contributed by atoms with E-state index in [0.29, 0.717) is 0 Å². The summed E-state index contributed by atoms with van der Waals surface area (Å²) in [7, 11) is 0. The Morgan fingerprint density at radius 1 is 0.842 bits per heavy atom. The minimum Gasteiger partial charge on any atom is -0.490 e. The summed E-state index contributed by atoms with van der Waals surface area (Å²) in [5.41, 5.74) is 2.72. The van der Waals surface area contributed by atoms with E-state index in [2.05, 4.69) is 53.7 Å². The highest BCUT2D eigenvalue weighted by Crippen LogP contribution is 2.43. The molecule has 0 N–H and O–H groups in total. The molecule has 0 radical (unpaired) electrons. The zero-order chi connectivity index (χ0) is 14.3. The molecule has 2 rings (SSSR count). The first-order chi connectivity index (χ1) is 8.69. The van der Waals surface area contributed by atoms with Gasteiger partial charge in [0.25, 0.3) is 0 Å². The fraction of sp³-hybridized carbons (Fsp3) is 0.647. The quantitative estimate of drug-likeness (QED) is 0.688. The van der Waals surface area contributed by atoms with E-state index < -0.39 is 0 Å². The molecule has 0 aliphatic carbocycles. The van der Waals surface area contributed by atoms with Crippen molar-refractivity contribution in [2.75, 3.05) is 13.2 Å². The van der Waals surface area contributed by atoms with Gasteiger partial charge < -0.3 is 9.47 Å². The van der Waals surface area contributed by atoms with Gasteiger partial charge in [-0.3, -0.25) is 0 Å². The minimum atomic E-state index is 0.0546. The van der Waals surface area contributed by atoms with Gasteiger partial charge in [0.2, 0.25) is 0 Å². The molecule has 0 fully saturated rings. The van der Waals surface area contributed by atoms with Crippen molar-refractivity contribution in [2.24, 2.45) is 0 Å². The number of hydrogen-bond donors (Lipinski definition) is 0. The van der Waals surface area contributed by atoms with E-state index >= 15 is 0 Å². The van der Waals surface area contributed by atoms with Crippen LogP contribution >= 0.6 is 0 Å². The van der Waals surface area contributed by atoms with E-state index in [1.54, 1.807) is 0 Å². The Balaban J connectivity index is 2.63. The van der Waals surface area contributed by atoms with Crippen molar-refractivity contribution in [3.05, 3.63) is 23.3 Å². The van der Waals surface area contributed by atoms with Gasteiger partial charge in [-0.2, -0.15) is 0 Å². The normalized spacial score (nSPS) is 16.1. The van der Waals surface area contributed by atoms with Crippen LogP contribution in [0.4, 0.5) is 0 Å². The maximum atomic E-state index is 5.95. The van der Waals surface area contributed by atoms with Crippen LogP contribution in [0.15, 0.2) is 12.1 Å². The number of benzene rings is 1. The number of fused-ring (bicyclic) bond motifs is 1. The van der Waals surface area contributed by atoms with Crippen molar-refractivity contribution in [2.45, 2.75) is 58.8 Å². The molecule has 0 aromatic heterocycles. The van der Waals surface area contributed by atoms with E-state index in [1.165, 1.54) is 11.1 Å². The second kappa shape index (κ2) is 4.73. The van der Waals surface area contributed by atoms with Crippen LogP contribution < -0.4 is 9.47 Å². The average molecular weight is 262 g/mol. The fourth-order valence-electron chi connectivity index (χ4n) is 2.26. The molecule has 0 bridgehead atoms. The van der Waals surface area contributed by atoms with Crippen LogP contribution in [0.2, 0.25) is 0 Å². The van der Waals surface area contributed by atoms with Crippen LogP contribution in [0.25, 0.3) is 0 Å². The molecule has 1 heterocycles. The predicted molar refractivity (Wildman–Crippen MR) is 79.4 cm³/mol. The maximum absolute atomic E-state index is 5.95. The van der Waals surface area contributed by atoms with Crippen LogP contribution in [0.5, 0.6) is 11.5 Å². The van der Waals surface area contributed by atoms with Gasteiger partial charge in [-0.1, -0.05) is 47.6 Å². The highest BCUT2D eigenvalue weighted by molar-refractivity contribution is 5.53. The zero-order valence-electron chi connectivity index (χ0n) is 13.1. The molecule has 0 amide bonds. The van der Waals surface area contributed by atoms with Gasteiger partial charge in [-0.15, -0.1) is 0 Å². The molecular weight excluding hydrogens is 236 g/mol. The molecule has 0 spiro atoms. The SMILES string of the molecule is CC(C)(C)c1cc2c(c(C(C)(C)C)c1)OCCCO2. The van der Waals surface area contributed by atoms with Crippen LogP contribution in [-0.4, -0.2) is 13.2 Å². The summed E-state index contributed by atoms with van der Waals surface area (Å²) in [6.45, 7) is 14.9. The number of ether oxygens (including phenoxy) is 2. The van der Waals surface area contributed by atoms with E-state index in [-0.39, 0.29) is 10.8 Å². The Morgan fingerprint density at radius 2 is 1.47 bits per heavy atom. The second-order valence-electron chi connectivity index (χ2n) is 7.40. The molecule has 0 atom stereocenters. The first-order valence-corrected chi connectivity index (χ1v) is 7.14. The molecule has 0 saturated carbocycles. The van der Waals surface area contributed by atoms with E-state index in [1.807, 2.05) is 0 Å². The maximum Gasteiger partial charge on any atom is 0.164 e. The summed E-state index contributed by atoms with van der Waals surface area (Å²) in [4.78, 5) is 0. The van der Waals surface area contributed by atoms with Gasteiger partial charge >= 0.3 is 0 Å². The molecular formula is C17H26O2. The van der Waals surface area contributed by atoms with Crippen LogP contribution in [-0.2, 0) is 10.8 Å². The largest absolute Gasteiger partial charge is 0.490 e. The molecule has 1 aromatic carbocycles. The molecule has 1 aliphatic heterocycles. The van der Waals surface area contributed by atoms with Gasteiger partial charge in [-0.25, -0.2) is 0 Å². The first kappa shape index (κ1) is 14.2. The summed E-state index contributed by atoms with van der Waals surface area (Å²) in [5, 5.41) is 0. The van der Waals surface area contributed by atoms with Gasteiger partial charge in [0.15, 0.2) is 11.5 Å². The summed E-state index contributed by atoms with van der Waals surface area (Å²) in [5.74, 6) is 1.85. The standard InChI is InChI=1S/C17H26O2/c1-16(2,3)12-10-13(17(4,5)6)15-14(11-12)18-8-7-9-19-15/h10-11H,7-9H2,1-6H3. The van der Waals surface area contributed by atoms with Crippen molar-refractivity contribution < 1.29 is 9.47 Å². The third-order valence-electron chi connectivity index (χ3n) is 3.52. The zero-order valence-corrected chi connectivity index (χ0v) is 13.1. The minimum absolute atomic E-state index is 0.0546. The molecule has 0 saturated heterocycles. The van der Waals surface area contributed by atoms with Crippen LogP contribution in [0.1, 0.15) is 59.1 Å². The van der Waals surface area contributed by atoms with Gasteiger partial charge in [0.05, 0.1) is 13.2 Å². The lowest BCUT2D eigenvalue weighted by Gasteiger charge is -2.28. The topological polar surface area (TPSA) is 18.5 Å². The Morgan fingerprint density at radius 3 is 2.05 bits per heavy atom. The van der Waals surface area contributed by atoms with Crippen molar-refractivity contribution in [3.63, 3.8) is 0 Å².